The molecule has 0 saturated heterocycles. The monoisotopic (exact) mass is 344 g/mol. The summed E-state index contributed by atoms with van der Waals surface area (Å²) >= 11 is 0. The van der Waals surface area contributed by atoms with Crippen molar-refractivity contribution in [2.24, 2.45) is 0 Å². The summed E-state index contributed by atoms with van der Waals surface area (Å²) in [5, 5.41) is 8.94. The van der Waals surface area contributed by atoms with Crippen LogP contribution in [0.3, 0.4) is 0 Å². The summed E-state index contributed by atoms with van der Waals surface area (Å²) in [4.78, 5) is 10.9. The van der Waals surface area contributed by atoms with Gasteiger partial charge in [0.05, 0.1) is 5.56 Å². The Labute approximate surface area is 153 Å². The Morgan fingerprint density at radius 1 is 0.846 bits per heavy atom. The van der Waals surface area contributed by atoms with Crippen molar-refractivity contribution in [1.82, 2.24) is 0 Å². The topological polar surface area (TPSA) is 41.2 Å². The maximum Gasteiger partial charge on any atom is 0.335 e. The summed E-state index contributed by atoms with van der Waals surface area (Å²) in [5.41, 5.74) is 5.06. The van der Waals surface area contributed by atoms with Crippen LogP contribution in [-0.4, -0.2) is 11.1 Å². The number of aryl methyl sites for hydroxylation is 1. The number of aromatic nitrogens is 1. The highest BCUT2D eigenvalue weighted by atomic mass is 16.4. The van der Waals surface area contributed by atoms with Crippen LogP contribution >= 0.6 is 0 Å². The minimum absolute atomic E-state index is 0.311. The molecule has 3 aromatic rings. The largest absolute Gasteiger partial charge is 0.478 e. The van der Waals surface area contributed by atoms with Gasteiger partial charge in [0.25, 0.3) is 0 Å². The van der Waals surface area contributed by atoms with Crippen LogP contribution in [0.15, 0.2) is 73.1 Å². The number of carboxylic acid groups (broad SMARTS) is 1. The smallest absolute Gasteiger partial charge is 0.335 e. The van der Waals surface area contributed by atoms with Crippen LogP contribution in [-0.2, 0) is 13.0 Å². The minimum Gasteiger partial charge on any atom is -0.478 e. The van der Waals surface area contributed by atoms with Crippen molar-refractivity contribution in [2.75, 3.05) is 0 Å². The predicted octanol–water partition coefficient (Wildman–Crippen LogP) is 4.45. The van der Waals surface area contributed by atoms with Crippen molar-refractivity contribution in [3.8, 4) is 0 Å². The van der Waals surface area contributed by atoms with E-state index >= 15 is 0 Å². The van der Waals surface area contributed by atoms with Crippen molar-refractivity contribution < 1.29 is 14.5 Å². The van der Waals surface area contributed by atoms with Crippen LogP contribution in [0.2, 0.25) is 0 Å². The fourth-order valence-corrected chi connectivity index (χ4v) is 2.71. The van der Waals surface area contributed by atoms with E-state index in [9.17, 15) is 4.79 Å². The van der Waals surface area contributed by atoms with Crippen molar-refractivity contribution in [2.45, 2.75) is 19.9 Å². The van der Waals surface area contributed by atoms with E-state index in [1.54, 1.807) is 12.1 Å². The summed E-state index contributed by atoms with van der Waals surface area (Å²) in [6, 6.07) is 19.7. The first-order chi connectivity index (χ1) is 12.6. The molecule has 0 fully saturated rings. The average molecular weight is 344 g/mol. The van der Waals surface area contributed by atoms with Crippen LogP contribution in [0.1, 0.15) is 39.5 Å². The number of benzene rings is 2. The molecule has 0 saturated carbocycles. The number of nitrogens with zero attached hydrogens (tertiary/aromatic N) is 1. The van der Waals surface area contributed by atoms with Crippen LogP contribution < -0.4 is 4.57 Å². The SMILES string of the molecule is CCc1ccc(/C=C\c2cc[n+](Cc3ccc(C(=O)O)cc3)cc2)cc1. The molecule has 2 aromatic carbocycles. The molecular weight excluding hydrogens is 322 g/mol. The highest BCUT2D eigenvalue weighted by Crippen LogP contribution is 2.10. The van der Waals surface area contributed by atoms with Crippen LogP contribution in [0.25, 0.3) is 12.2 Å². The summed E-state index contributed by atoms with van der Waals surface area (Å²) in [6.45, 7) is 2.87. The normalized spacial score (nSPS) is 11.0. The Morgan fingerprint density at radius 3 is 1.92 bits per heavy atom. The second-order valence-electron chi connectivity index (χ2n) is 6.23. The van der Waals surface area contributed by atoms with Crippen LogP contribution in [0, 0.1) is 0 Å². The summed E-state index contributed by atoms with van der Waals surface area (Å²) in [7, 11) is 0. The third kappa shape index (κ3) is 4.67. The fraction of sp³-hybridized carbons (Fsp3) is 0.130. The predicted molar refractivity (Wildman–Crippen MR) is 104 cm³/mol. The molecule has 0 radical (unpaired) electrons. The molecule has 0 bridgehead atoms. The molecule has 3 heteroatoms. The van der Waals surface area contributed by atoms with Crippen molar-refractivity contribution in [1.29, 1.82) is 0 Å². The molecule has 0 aliphatic carbocycles. The number of carboxylic acids is 1. The van der Waals surface area contributed by atoms with Crippen molar-refractivity contribution in [3.63, 3.8) is 0 Å². The molecule has 1 heterocycles. The van der Waals surface area contributed by atoms with E-state index < -0.39 is 5.97 Å². The molecule has 0 unspecified atom stereocenters. The molecule has 1 N–H and O–H groups in total. The first-order valence-corrected chi connectivity index (χ1v) is 8.72. The van der Waals surface area contributed by atoms with Crippen LogP contribution in [0.5, 0.6) is 0 Å². The van der Waals surface area contributed by atoms with Crippen LogP contribution in [0.4, 0.5) is 0 Å². The average Bonchev–Trinajstić information content (AvgIpc) is 2.68. The van der Waals surface area contributed by atoms with Gasteiger partial charge in [0, 0.05) is 17.7 Å². The van der Waals surface area contributed by atoms with Crippen molar-refractivity contribution >= 4 is 18.1 Å². The van der Waals surface area contributed by atoms with E-state index in [1.807, 2.05) is 24.5 Å². The number of aromatic carboxylic acids is 1. The molecule has 0 aliphatic heterocycles. The summed E-state index contributed by atoms with van der Waals surface area (Å²) in [5.74, 6) is -0.898. The fourth-order valence-electron chi connectivity index (χ4n) is 2.71. The highest BCUT2D eigenvalue weighted by Gasteiger charge is 2.05. The third-order valence-corrected chi connectivity index (χ3v) is 4.34. The highest BCUT2D eigenvalue weighted by molar-refractivity contribution is 5.87. The minimum atomic E-state index is -0.898. The van der Waals surface area contributed by atoms with Crippen molar-refractivity contribution in [3.05, 3.63) is 101 Å². The Bertz CT molecular complexity index is 892. The van der Waals surface area contributed by atoms with Gasteiger partial charge < -0.3 is 5.11 Å². The van der Waals surface area contributed by atoms with Gasteiger partial charge in [0.2, 0.25) is 0 Å². The molecular formula is C23H22NO2+. The van der Waals surface area contributed by atoms with Gasteiger partial charge in [-0.1, -0.05) is 55.5 Å². The number of carbonyl (C=O) groups is 1. The quantitative estimate of drug-likeness (QED) is 0.671. The Balaban J connectivity index is 1.64. The van der Waals surface area contributed by atoms with Gasteiger partial charge in [-0.2, -0.15) is 0 Å². The van der Waals surface area contributed by atoms with Gasteiger partial charge in [0.1, 0.15) is 0 Å². The molecule has 130 valence electrons. The molecule has 3 rings (SSSR count). The van der Waals surface area contributed by atoms with Gasteiger partial charge in [-0.15, -0.1) is 0 Å². The molecule has 0 atom stereocenters. The lowest BCUT2D eigenvalue weighted by Gasteiger charge is -2.00. The third-order valence-electron chi connectivity index (χ3n) is 4.34. The van der Waals surface area contributed by atoms with E-state index in [2.05, 4.69) is 60.0 Å². The molecule has 0 aliphatic rings. The van der Waals surface area contributed by atoms with Gasteiger partial charge in [-0.05, 0) is 35.2 Å². The number of hydrogen-bond acceptors (Lipinski definition) is 1. The van der Waals surface area contributed by atoms with E-state index in [4.69, 9.17) is 5.11 Å². The molecule has 3 nitrogen and oxygen atoms in total. The molecule has 1 aromatic heterocycles. The number of rotatable bonds is 6. The lowest BCUT2D eigenvalue weighted by atomic mass is 10.1. The Morgan fingerprint density at radius 2 is 1.38 bits per heavy atom. The zero-order valence-electron chi connectivity index (χ0n) is 14.8. The van der Waals surface area contributed by atoms with E-state index in [0.717, 1.165) is 17.5 Å². The van der Waals surface area contributed by atoms with E-state index in [0.29, 0.717) is 12.1 Å². The van der Waals surface area contributed by atoms with Gasteiger partial charge in [0.15, 0.2) is 18.9 Å². The molecule has 0 spiro atoms. The second-order valence-corrected chi connectivity index (χ2v) is 6.23. The number of pyridine rings is 1. The van der Waals surface area contributed by atoms with Gasteiger partial charge in [-0.25, -0.2) is 9.36 Å². The number of hydrogen-bond donors (Lipinski definition) is 1. The lowest BCUT2D eigenvalue weighted by Crippen LogP contribution is -2.33. The zero-order chi connectivity index (χ0) is 18.4. The summed E-state index contributed by atoms with van der Waals surface area (Å²) < 4.78 is 2.07. The maximum atomic E-state index is 10.9. The maximum absolute atomic E-state index is 10.9. The first-order valence-electron chi connectivity index (χ1n) is 8.72. The van der Waals surface area contributed by atoms with E-state index in [1.165, 1.54) is 11.1 Å². The summed E-state index contributed by atoms with van der Waals surface area (Å²) in [6.07, 6.45) is 9.34. The second kappa shape index (κ2) is 8.26. The first kappa shape index (κ1) is 17.6. The zero-order valence-corrected chi connectivity index (χ0v) is 14.8. The molecule has 0 amide bonds. The Kier molecular flexibility index (Phi) is 5.59. The lowest BCUT2D eigenvalue weighted by molar-refractivity contribution is -0.688. The van der Waals surface area contributed by atoms with Gasteiger partial charge in [-0.3, -0.25) is 0 Å². The Hall–Kier alpha value is -3.20. The van der Waals surface area contributed by atoms with Gasteiger partial charge >= 0.3 is 5.97 Å². The molecule has 26 heavy (non-hydrogen) atoms. The van der Waals surface area contributed by atoms with E-state index in [-0.39, 0.29) is 0 Å². The standard InChI is InChI=1S/C23H21NO2/c1-2-18-3-5-19(6-4-18)7-8-20-13-15-24(16-14-20)17-21-9-11-22(12-10-21)23(25)26/h3-16H,2,17H2,1H3/p+1/b8-7-.